The standard InChI is InChI=1S/C15H17NO4S/c1-18-13-5-10(6-14-15(13)20-9-19-14)12(8-17)16-7-11-3-2-4-21-11/h2-6,12,16-17H,7-9H2,1H3. The van der Waals surface area contributed by atoms with Gasteiger partial charge in [0.2, 0.25) is 12.5 Å². The van der Waals surface area contributed by atoms with Crippen LogP contribution in [-0.2, 0) is 6.54 Å². The molecule has 1 aliphatic heterocycles. The highest BCUT2D eigenvalue weighted by molar-refractivity contribution is 7.09. The molecule has 1 unspecified atom stereocenters. The van der Waals surface area contributed by atoms with E-state index in [1.165, 1.54) is 4.88 Å². The average Bonchev–Trinajstić information content (AvgIpc) is 3.17. The van der Waals surface area contributed by atoms with E-state index >= 15 is 0 Å². The number of aliphatic hydroxyl groups is 1. The minimum Gasteiger partial charge on any atom is -0.493 e. The van der Waals surface area contributed by atoms with E-state index in [2.05, 4.69) is 11.4 Å². The fourth-order valence-electron chi connectivity index (χ4n) is 2.28. The van der Waals surface area contributed by atoms with Crippen LogP contribution in [0.2, 0.25) is 0 Å². The third kappa shape index (κ3) is 2.97. The van der Waals surface area contributed by atoms with Gasteiger partial charge in [0, 0.05) is 11.4 Å². The van der Waals surface area contributed by atoms with E-state index in [1.807, 2.05) is 23.6 Å². The van der Waals surface area contributed by atoms with Gasteiger partial charge in [0.1, 0.15) is 0 Å². The summed E-state index contributed by atoms with van der Waals surface area (Å²) in [5.74, 6) is 1.90. The van der Waals surface area contributed by atoms with Crippen molar-refractivity contribution < 1.29 is 19.3 Å². The van der Waals surface area contributed by atoms with Crippen molar-refractivity contribution in [3.63, 3.8) is 0 Å². The molecule has 1 aliphatic rings. The summed E-state index contributed by atoms with van der Waals surface area (Å²) in [7, 11) is 1.59. The minimum absolute atomic E-state index is 0.00578. The number of hydrogen-bond donors (Lipinski definition) is 2. The van der Waals surface area contributed by atoms with Crippen LogP contribution in [0.5, 0.6) is 17.2 Å². The number of ether oxygens (including phenoxy) is 3. The van der Waals surface area contributed by atoms with Crippen LogP contribution in [0.25, 0.3) is 0 Å². The lowest BCUT2D eigenvalue weighted by Gasteiger charge is -2.18. The van der Waals surface area contributed by atoms with E-state index in [-0.39, 0.29) is 19.4 Å². The molecule has 0 saturated heterocycles. The smallest absolute Gasteiger partial charge is 0.231 e. The van der Waals surface area contributed by atoms with Crippen molar-refractivity contribution in [2.45, 2.75) is 12.6 Å². The fraction of sp³-hybridized carbons (Fsp3) is 0.333. The summed E-state index contributed by atoms with van der Waals surface area (Å²) >= 11 is 1.68. The molecule has 0 saturated carbocycles. The number of rotatable bonds is 6. The van der Waals surface area contributed by atoms with Crippen molar-refractivity contribution >= 4 is 11.3 Å². The average molecular weight is 307 g/mol. The molecule has 3 rings (SSSR count). The Balaban J connectivity index is 1.80. The summed E-state index contributed by atoms with van der Waals surface area (Å²) in [6.07, 6.45) is 0. The van der Waals surface area contributed by atoms with Crippen LogP contribution in [-0.4, -0.2) is 25.6 Å². The Morgan fingerprint density at radius 3 is 3.05 bits per heavy atom. The molecule has 1 atom stereocenters. The zero-order valence-electron chi connectivity index (χ0n) is 11.7. The summed E-state index contributed by atoms with van der Waals surface area (Å²) in [6.45, 7) is 0.898. The number of aliphatic hydroxyl groups excluding tert-OH is 1. The van der Waals surface area contributed by atoms with Gasteiger partial charge >= 0.3 is 0 Å². The molecule has 0 fully saturated rings. The lowest BCUT2D eigenvalue weighted by Crippen LogP contribution is -2.23. The first-order valence-electron chi connectivity index (χ1n) is 6.66. The van der Waals surface area contributed by atoms with Crippen LogP contribution in [0.4, 0.5) is 0 Å². The van der Waals surface area contributed by atoms with Gasteiger partial charge in [-0.15, -0.1) is 11.3 Å². The third-order valence-corrected chi connectivity index (χ3v) is 4.24. The molecule has 2 aromatic rings. The number of thiophene rings is 1. The summed E-state index contributed by atoms with van der Waals surface area (Å²) in [5, 5.41) is 15.0. The largest absolute Gasteiger partial charge is 0.493 e. The maximum absolute atomic E-state index is 9.65. The van der Waals surface area contributed by atoms with Gasteiger partial charge in [0.05, 0.1) is 19.8 Å². The Labute approximate surface area is 127 Å². The molecule has 0 radical (unpaired) electrons. The van der Waals surface area contributed by atoms with Gasteiger partial charge in [-0.05, 0) is 29.1 Å². The SMILES string of the molecule is COc1cc(C(CO)NCc2cccs2)cc2c1OCO2. The molecule has 112 valence electrons. The van der Waals surface area contributed by atoms with E-state index in [0.29, 0.717) is 23.8 Å². The maximum atomic E-state index is 9.65. The van der Waals surface area contributed by atoms with E-state index in [0.717, 1.165) is 5.56 Å². The predicted octanol–water partition coefficient (Wildman–Crippen LogP) is 2.31. The van der Waals surface area contributed by atoms with Crippen LogP contribution in [0.15, 0.2) is 29.6 Å². The molecule has 2 N–H and O–H groups in total. The lowest BCUT2D eigenvalue weighted by molar-refractivity contribution is 0.171. The highest BCUT2D eigenvalue weighted by Gasteiger charge is 2.22. The summed E-state index contributed by atoms with van der Waals surface area (Å²) < 4.78 is 16.1. The van der Waals surface area contributed by atoms with E-state index < -0.39 is 0 Å². The molecule has 0 bridgehead atoms. The van der Waals surface area contributed by atoms with E-state index in [9.17, 15) is 5.11 Å². The zero-order chi connectivity index (χ0) is 14.7. The molecule has 2 heterocycles. The number of hydrogen-bond acceptors (Lipinski definition) is 6. The first-order valence-corrected chi connectivity index (χ1v) is 7.54. The quantitative estimate of drug-likeness (QED) is 0.857. The molecule has 6 heteroatoms. The van der Waals surface area contributed by atoms with Crippen LogP contribution in [0, 0.1) is 0 Å². The van der Waals surface area contributed by atoms with Gasteiger partial charge in [-0.2, -0.15) is 0 Å². The molecule has 0 aliphatic carbocycles. The van der Waals surface area contributed by atoms with Crippen molar-refractivity contribution in [3.8, 4) is 17.2 Å². The van der Waals surface area contributed by atoms with Gasteiger partial charge in [-0.25, -0.2) is 0 Å². The van der Waals surface area contributed by atoms with Crippen molar-refractivity contribution in [3.05, 3.63) is 40.1 Å². The monoisotopic (exact) mass is 307 g/mol. The molecule has 1 aromatic heterocycles. The van der Waals surface area contributed by atoms with Gasteiger partial charge in [-0.1, -0.05) is 6.07 Å². The second-order valence-electron chi connectivity index (χ2n) is 4.65. The molecule has 0 amide bonds. The minimum atomic E-state index is -0.185. The third-order valence-electron chi connectivity index (χ3n) is 3.37. The number of benzene rings is 1. The topological polar surface area (TPSA) is 60.0 Å². The van der Waals surface area contributed by atoms with E-state index in [4.69, 9.17) is 14.2 Å². The Hall–Kier alpha value is -1.76. The molecular formula is C15H17NO4S. The summed E-state index contributed by atoms with van der Waals surface area (Å²) in [6, 6.07) is 7.64. The first kappa shape index (κ1) is 14.2. The first-order chi connectivity index (χ1) is 10.3. The Kier molecular flexibility index (Phi) is 4.28. The van der Waals surface area contributed by atoms with Gasteiger partial charge < -0.3 is 24.6 Å². The highest BCUT2D eigenvalue weighted by atomic mass is 32.1. The predicted molar refractivity (Wildman–Crippen MR) is 80.1 cm³/mol. The molecule has 21 heavy (non-hydrogen) atoms. The second kappa shape index (κ2) is 6.34. The fourth-order valence-corrected chi connectivity index (χ4v) is 2.93. The van der Waals surface area contributed by atoms with Gasteiger partial charge in [-0.3, -0.25) is 0 Å². The number of nitrogens with one attached hydrogen (secondary N) is 1. The molecular weight excluding hydrogens is 290 g/mol. The molecule has 0 spiro atoms. The van der Waals surface area contributed by atoms with Crippen molar-refractivity contribution in [1.29, 1.82) is 0 Å². The maximum Gasteiger partial charge on any atom is 0.231 e. The summed E-state index contributed by atoms with van der Waals surface area (Å²) in [4.78, 5) is 1.22. The molecule has 5 nitrogen and oxygen atoms in total. The van der Waals surface area contributed by atoms with Crippen molar-refractivity contribution in [2.24, 2.45) is 0 Å². The Bertz CT molecular complexity index is 600. The van der Waals surface area contributed by atoms with Crippen LogP contribution in [0.1, 0.15) is 16.5 Å². The Morgan fingerprint density at radius 1 is 1.43 bits per heavy atom. The number of fused-ring (bicyclic) bond motifs is 1. The number of methoxy groups -OCH3 is 1. The lowest BCUT2D eigenvalue weighted by atomic mass is 10.1. The normalized spacial score (nSPS) is 14.2. The summed E-state index contributed by atoms with van der Waals surface area (Å²) in [5.41, 5.74) is 0.912. The van der Waals surface area contributed by atoms with Crippen LogP contribution >= 0.6 is 11.3 Å². The van der Waals surface area contributed by atoms with Crippen molar-refractivity contribution in [1.82, 2.24) is 5.32 Å². The van der Waals surface area contributed by atoms with Crippen LogP contribution < -0.4 is 19.5 Å². The molecule has 1 aromatic carbocycles. The van der Waals surface area contributed by atoms with Crippen LogP contribution in [0.3, 0.4) is 0 Å². The van der Waals surface area contributed by atoms with Gasteiger partial charge in [0.15, 0.2) is 11.5 Å². The van der Waals surface area contributed by atoms with E-state index in [1.54, 1.807) is 18.4 Å². The zero-order valence-corrected chi connectivity index (χ0v) is 12.5. The highest BCUT2D eigenvalue weighted by Crippen LogP contribution is 2.42. The Morgan fingerprint density at radius 2 is 2.33 bits per heavy atom. The van der Waals surface area contributed by atoms with Gasteiger partial charge in [0.25, 0.3) is 0 Å². The van der Waals surface area contributed by atoms with Crippen molar-refractivity contribution in [2.75, 3.05) is 20.5 Å². The second-order valence-corrected chi connectivity index (χ2v) is 5.68.